The maximum absolute atomic E-state index is 5.00. The minimum atomic E-state index is 0.531. The summed E-state index contributed by atoms with van der Waals surface area (Å²) in [5, 5.41) is 3.39. The van der Waals surface area contributed by atoms with Crippen molar-refractivity contribution in [2.45, 2.75) is 12.8 Å². The maximum Gasteiger partial charge on any atom is 0.0587 e. The van der Waals surface area contributed by atoms with Crippen LogP contribution in [0.4, 0.5) is 5.69 Å². The fourth-order valence-corrected chi connectivity index (χ4v) is 1.71. The van der Waals surface area contributed by atoms with Crippen LogP contribution >= 0.6 is 0 Å². The van der Waals surface area contributed by atoms with Gasteiger partial charge in [-0.1, -0.05) is 19.1 Å². The van der Waals surface area contributed by atoms with E-state index in [1.54, 1.807) is 7.11 Å². The molecule has 0 aromatic heterocycles. The Labute approximate surface area is 105 Å². The molecule has 96 valence electrons. The highest BCUT2D eigenvalue weighted by molar-refractivity contribution is 5.46. The highest BCUT2D eigenvalue weighted by Gasteiger charge is 2.05. The Morgan fingerprint density at radius 3 is 2.41 bits per heavy atom. The Balaban J connectivity index is 2.43. The molecule has 1 atom stereocenters. The summed E-state index contributed by atoms with van der Waals surface area (Å²) in [6, 6.07) is 8.75. The zero-order chi connectivity index (χ0) is 12.7. The molecule has 17 heavy (non-hydrogen) atoms. The number of benzene rings is 1. The second kappa shape index (κ2) is 7.30. The molecule has 0 heterocycles. The van der Waals surface area contributed by atoms with Gasteiger partial charge in [0, 0.05) is 40.0 Å². The molecule has 0 fully saturated rings. The first-order chi connectivity index (χ1) is 8.15. The minimum Gasteiger partial charge on any atom is -0.383 e. The zero-order valence-corrected chi connectivity index (χ0v) is 11.4. The molecule has 1 unspecified atom stereocenters. The third kappa shape index (κ3) is 4.75. The summed E-state index contributed by atoms with van der Waals surface area (Å²) >= 11 is 0. The summed E-state index contributed by atoms with van der Waals surface area (Å²) < 4.78 is 5.00. The van der Waals surface area contributed by atoms with E-state index in [-0.39, 0.29) is 0 Å². The van der Waals surface area contributed by atoms with Gasteiger partial charge >= 0.3 is 0 Å². The van der Waals surface area contributed by atoms with E-state index in [4.69, 9.17) is 4.74 Å². The Bertz CT molecular complexity index is 309. The summed E-state index contributed by atoms with van der Waals surface area (Å²) in [5.74, 6) is 0.531. The summed E-state index contributed by atoms with van der Waals surface area (Å²) in [5.41, 5.74) is 2.62. The Hall–Kier alpha value is -1.06. The number of methoxy groups -OCH3 is 1. The van der Waals surface area contributed by atoms with E-state index in [9.17, 15) is 0 Å². The number of hydrogen-bond acceptors (Lipinski definition) is 3. The van der Waals surface area contributed by atoms with Gasteiger partial charge < -0.3 is 15.0 Å². The van der Waals surface area contributed by atoms with Crippen LogP contribution in [-0.4, -0.2) is 40.9 Å². The van der Waals surface area contributed by atoms with Crippen LogP contribution in [0.3, 0.4) is 0 Å². The predicted molar refractivity (Wildman–Crippen MR) is 73.9 cm³/mol. The van der Waals surface area contributed by atoms with Crippen LogP contribution in [-0.2, 0) is 4.74 Å². The molecule has 0 aliphatic rings. The van der Waals surface area contributed by atoms with Gasteiger partial charge in [0.15, 0.2) is 0 Å². The summed E-state index contributed by atoms with van der Waals surface area (Å²) in [6.45, 7) is 4.91. The molecular formula is C14H24N2O. The molecule has 1 aromatic rings. The average Bonchev–Trinajstić information content (AvgIpc) is 2.34. The standard InChI is InChI=1S/C14H24N2O/c1-12(11-15-9-10-17-4)13-5-7-14(8-6-13)16(2)3/h5-8,12,15H,9-11H2,1-4H3. The lowest BCUT2D eigenvalue weighted by molar-refractivity contribution is 0.199. The number of anilines is 1. The second-order valence-corrected chi connectivity index (χ2v) is 4.58. The molecule has 0 radical (unpaired) electrons. The van der Waals surface area contributed by atoms with Crippen LogP contribution in [0.2, 0.25) is 0 Å². The number of ether oxygens (including phenoxy) is 1. The van der Waals surface area contributed by atoms with E-state index in [1.165, 1.54) is 11.3 Å². The third-order valence-corrected chi connectivity index (χ3v) is 2.91. The van der Waals surface area contributed by atoms with Crippen molar-refractivity contribution < 1.29 is 4.74 Å². The van der Waals surface area contributed by atoms with Crippen LogP contribution in [0.1, 0.15) is 18.4 Å². The maximum atomic E-state index is 5.00. The van der Waals surface area contributed by atoms with Gasteiger partial charge in [-0.2, -0.15) is 0 Å². The van der Waals surface area contributed by atoms with Crippen LogP contribution in [0, 0.1) is 0 Å². The van der Waals surface area contributed by atoms with Gasteiger partial charge in [-0.25, -0.2) is 0 Å². The van der Waals surface area contributed by atoms with Crippen LogP contribution in [0.15, 0.2) is 24.3 Å². The number of nitrogens with one attached hydrogen (secondary N) is 1. The minimum absolute atomic E-state index is 0.531. The Kier molecular flexibility index (Phi) is 6.01. The molecule has 0 saturated carbocycles. The summed E-state index contributed by atoms with van der Waals surface area (Å²) in [7, 11) is 5.85. The largest absolute Gasteiger partial charge is 0.383 e. The Morgan fingerprint density at radius 2 is 1.88 bits per heavy atom. The zero-order valence-electron chi connectivity index (χ0n) is 11.4. The lowest BCUT2D eigenvalue weighted by Crippen LogP contribution is -2.23. The smallest absolute Gasteiger partial charge is 0.0587 e. The second-order valence-electron chi connectivity index (χ2n) is 4.58. The van der Waals surface area contributed by atoms with Crippen molar-refractivity contribution in [2.24, 2.45) is 0 Å². The molecule has 3 nitrogen and oxygen atoms in total. The van der Waals surface area contributed by atoms with E-state index in [1.807, 2.05) is 0 Å². The molecule has 0 saturated heterocycles. The van der Waals surface area contributed by atoms with Crippen molar-refractivity contribution >= 4 is 5.69 Å². The molecule has 0 aliphatic heterocycles. The van der Waals surface area contributed by atoms with Crippen LogP contribution < -0.4 is 10.2 Å². The molecule has 0 aliphatic carbocycles. The van der Waals surface area contributed by atoms with Crippen molar-refractivity contribution in [3.05, 3.63) is 29.8 Å². The van der Waals surface area contributed by atoms with Crippen LogP contribution in [0.25, 0.3) is 0 Å². The SMILES string of the molecule is COCCNCC(C)c1ccc(N(C)C)cc1. The van der Waals surface area contributed by atoms with E-state index in [2.05, 4.69) is 55.5 Å². The highest BCUT2D eigenvalue weighted by atomic mass is 16.5. The topological polar surface area (TPSA) is 24.5 Å². The van der Waals surface area contributed by atoms with Gasteiger partial charge in [0.1, 0.15) is 0 Å². The monoisotopic (exact) mass is 236 g/mol. The van der Waals surface area contributed by atoms with Crippen molar-refractivity contribution in [1.29, 1.82) is 0 Å². The Morgan fingerprint density at radius 1 is 1.24 bits per heavy atom. The number of hydrogen-bond donors (Lipinski definition) is 1. The van der Waals surface area contributed by atoms with Gasteiger partial charge in [0.05, 0.1) is 6.61 Å². The lowest BCUT2D eigenvalue weighted by Gasteiger charge is -2.16. The van der Waals surface area contributed by atoms with Gasteiger partial charge in [-0.15, -0.1) is 0 Å². The van der Waals surface area contributed by atoms with Crippen molar-refractivity contribution in [3.63, 3.8) is 0 Å². The first-order valence-electron chi connectivity index (χ1n) is 6.12. The fraction of sp³-hybridized carbons (Fsp3) is 0.571. The third-order valence-electron chi connectivity index (χ3n) is 2.91. The summed E-state index contributed by atoms with van der Waals surface area (Å²) in [4.78, 5) is 2.12. The van der Waals surface area contributed by atoms with Gasteiger partial charge in [-0.05, 0) is 23.6 Å². The molecule has 0 spiro atoms. The molecule has 1 N–H and O–H groups in total. The molecule has 0 amide bonds. The fourth-order valence-electron chi connectivity index (χ4n) is 1.71. The highest BCUT2D eigenvalue weighted by Crippen LogP contribution is 2.18. The molecule has 3 heteroatoms. The average molecular weight is 236 g/mol. The van der Waals surface area contributed by atoms with Gasteiger partial charge in [-0.3, -0.25) is 0 Å². The van der Waals surface area contributed by atoms with Gasteiger partial charge in [0.2, 0.25) is 0 Å². The van der Waals surface area contributed by atoms with Crippen LogP contribution in [0.5, 0.6) is 0 Å². The molecule has 1 rings (SSSR count). The van der Waals surface area contributed by atoms with Crippen molar-refractivity contribution in [3.8, 4) is 0 Å². The molecular weight excluding hydrogens is 212 g/mol. The van der Waals surface area contributed by atoms with E-state index >= 15 is 0 Å². The molecule has 0 bridgehead atoms. The molecule has 1 aromatic carbocycles. The first-order valence-corrected chi connectivity index (χ1v) is 6.12. The van der Waals surface area contributed by atoms with Gasteiger partial charge in [0.25, 0.3) is 0 Å². The van der Waals surface area contributed by atoms with E-state index in [0.717, 1.165) is 19.7 Å². The van der Waals surface area contributed by atoms with Crippen molar-refractivity contribution in [1.82, 2.24) is 5.32 Å². The van der Waals surface area contributed by atoms with Crippen molar-refractivity contribution in [2.75, 3.05) is 45.8 Å². The lowest BCUT2D eigenvalue weighted by atomic mass is 10.0. The normalized spacial score (nSPS) is 12.5. The quantitative estimate of drug-likeness (QED) is 0.734. The van der Waals surface area contributed by atoms with E-state index in [0.29, 0.717) is 5.92 Å². The number of rotatable bonds is 7. The predicted octanol–water partition coefficient (Wildman–Crippen LogP) is 2.09. The summed E-state index contributed by atoms with van der Waals surface area (Å²) in [6.07, 6.45) is 0. The van der Waals surface area contributed by atoms with E-state index < -0.39 is 0 Å². The first kappa shape index (κ1) is 14.0. The number of nitrogens with zero attached hydrogens (tertiary/aromatic N) is 1.